The summed E-state index contributed by atoms with van der Waals surface area (Å²) >= 11 is 0. The van der Waals surface area contributed by atoms with Crippen molar-refractivity contribution in [3.8, 4) is 0 Å². The summed E-state index contributed by atoms with van der Waals surface area (Å²) in [5.41, 5.74) is 6.60. The summed E-state index contributed by atoms with van der Waals surface area (Å²) in [4.78, 5) is 0. The minimum absolute atomic E-state index is 0.570. The Kier molecular flexibility index (Phi) is 3.45. The van der Waals surface area contributed by atoms with E-state index in [0.29, 0.717) is 10.8 Å². The van der Waals surface area contributed by atoms with E-state index in [2.05, 4.69) is 32.0 Å². The van der Waals surface area contributed by atoms with Gasteiger partial charge in [0.2, 0.25) is 0 Å². The van der Waals surface area contributed by atoms with Crippen LogP contribution in [0.3, 0.4) is 0 Å². The van der Waals surface area contributed by atoms with E-state index < -0.39 is 0 Å². The van der Waals surface area contributed by atoms with Gasteiger partial charge in [0.25, 0.3) is 0 Å². The van der Waals surface area contributed by atoms with E-state index in [9.17, 15) is 0 Å². The molecular formula is C24H34. The predicted octanol–water partition coefficient (Wildman–Crippen LogP) is 6.55. The molecule has 0 atom stereocenters. The number of hydrogen-bond acceptors (Lipinski definition) is 0. The lowest BCUT2D eigenvalue weighted by atomic mass is 9.66. The highest BCUT2D eigenvalue weighted by Gasteiger charge is 2.52. The minimum atomic E-state index is 0.570. The van der Waals surface area contributed by atoms with Crippen LogP contribution in [0.5, 0.6) is 0 Å². The highest BCUT2D eigenvalue weighted by Crippen LogP contribution is 2.62. The lowest BCUT2D eigenvalue weighted by Gasteiger charge is -2.38. The Morgan fingerprint density at radius 1 is 0.875 bits per heavy atom. The highest BCUT2D eigenvalue weighted by atomic mass is 14.6. The van der Waals surface area contributed by atoms with Crippen molar-refractivity contribution in [1.29, 1.82) is 0 Å². The monoisotopic (exact) mass is 322 g/mol. The number of benzene rings is 1. The van der Waals surface area contributed by atoms with Crippen LogP contribution >= 0.6 is 0 Å². The maximum Gasteiger partial charge on any atom is -0.00385 e. The van der Waals surface area contributed by atoms with Crippen molar-refractivity contribution in [2.24, 2.45) is 17.8 Å². The molecule has 0 saturated heterocycles. The van der Waals surface area contributed by atoms with E-state index in [1.165, 1.54) is 70.6 Å². The zero-order chi connectivity index (χ0) is 16.4. The van der Waals surface area contributed by atoms with Crippen molar-refractivity contribution in [3.05, 3.63) is 34.9 Å². The Morgan fingerprint density at radius 2 is 1.46 bits per heavy atom. The van der Waals surface area contributed by atoms with Crippen molar-refractivity contribution in [3.63, 3.8) is 0 Å². The molecule has 0 radical (unpaired) electrons. The second kappa shape index (κ2) is 5.36. The topological polar surface area (TPSA) is 0 Å². The van der Waals surface area contributed by atoms with Crippen molar-refractivity contribution >= 4 is 0 Å². The first kappa shape index (κ1) is 15.5. The summed E-state index contributed by atoms with van der Waals surface area (Å²) in [7, 11) is 0. The lowest BCUT2D eigenvalue weighted by molar-refractivity contribution is 0.379. The molecule has 4 saturated carbocycles. The molecule has 0 amide bonds. The van der Waals surface area contributed by atoms with Crippen LogP contribution in [0.25, 0.3) is 0 Å². The standard InChI is InChI=1S/C24H34/c1-17(2)14-20-4-3-5-21(23-10-6-18(15-23)7-11-23)22(20)24-12-8-19(16-24)9-13-24/h3-5,17-19H,6-16H2,1-2H3. The maximum atomic E-state index is 2.58. The molecule has 4 bridgehead atoms. The van der Waals surface area contributed by atoms with E-state index in [4.69, 9.17) is 0 Å². The molecule has 24 heavy (non-hydrogen) atoms. The first-order valence-corrected chi connectivity index (χ1v) is 10.7. The van der Waals surface area contributed by atoms with Gasteiger partial charge in [-0.2, -0.15) is 0 Å². The van der Waals surface area contributed by atoms with Crippen LogP contribution in [0.15, 0.2) is 18.2 Å². The SMILES string of the molecule is CC(C)Cc1cccc(C23CCC(CC2)C3)c1C12CCC(CC1)C2. The van der Waals surface area contributed by atoms with Gasteiger partial charge in [-0.05, 0) is 116 Å². The average molecular weight is 323 g/mol. The third-order valence-corrected chi connectivity index (χ3v) is 8.36. The van der Waals surface area contributed by atoms with Gasteiger partial charge in [-0.15, -0.1) is 0 Å². The van der Waals surface area contributed by atoms with Crippen LogP contribution in [0.2, 0.25) is 0 Å². The fourth-order valence-electron chi connectivity index (χ4n) is 7.39. The first-order valence-electron chi connectivity index (χ1n) is 10.7. The summed E-state index contributed by atoms with van der Waals surface area (Å²) in [6, 6.07) is 7.49. The third-order valence-electron chi connectivity index (χ3n) is 8.36. The largest absolute Gasteiger partial charge is 0.0625 e. The van der Waals surface area contributed by atoms with Gasteiger partial charge >= 0.3 is 0 Å². The third kappa shape index (κ3) is 2.17. The van der Waals surface area contributed by atoms with E-state index in [-0.39, 0.29) is 0 Å². The Labute approximate surface area is 148 Å². The molecular weight excluding hydrogens is 288 g/mol. The van der Waals surface area contributed by atoms with Gasteiger partial charge in [0.15, 0.2) is 0 Å². The molecule has 5 rings (SSSR count). The van der Waals surface area contributed by atoms with Gasteiger partial charge in [-0.1, -0.05) is 32.0 Å². The quantitative estimate of drug-likeness (QED) is 0.589. The fraction of sp³-hybridized carbons (Fsp3) is 0.750. The normalized spacial score (nSPS) is 40.1. The molecule has 0 heterocycles. The molecule has 1 aromatic rings. The number of fused-ring (bicyclic) bond motifs is 4. The average Bonchev–Trinajstić information content (AvgIpc) is 3.35. The van der Waals surface area contributed by atoms with Crippen molar-refractivity contribution in [1.82, 2.24) is 0 Å². The Hall–Kier alpha value is -0.780. The van der Waals surface area contributed by atoms with Gasteiger partial charge in [0, 0.05) is 0 Å². The molecule has 0 spiro atoms. The maximum absolute atomic E-state index is 2.58. The van der Waals surface area contributed by atoms with Gasteiger partial charge < -0.3 is 0 Å². The molecule has 4 aliphatic carbocycles. The molecule has 0 unspecified atom stereocenters. The van der Waals surface area contributed by atoms with Crippen LogP contribution < -0.4 is 0 Å². The molecule has 1 aromatic carbocycles. The summed E-state index contributed by atoms with van der Waals surface area (Å²) in [6.07, 6.45) is 16.3. The van der Waals surface area contributed by atoms with E-state index >= 15 is 0 Å². The van der Waals surface area contributed by atoms with Crippen LogP contribution in [0.1, 0.15) is 94.7 Å². The number of rotatable bonds is 4. The van der Waals surface area contributed by atoms with Crippen molar-refractivity contribution in [2.75, 3.05) is 0 Å². The minimum Gasteiger partial charge on any atom is -0.0625 e. The summed E-state index contributed by atoms with van der Waals surface area (Å²) in [5, 5.41) is 0. The Morgan fingerprint density at radius 3 is 1.96 bits per heavy atom. The van der Waals surface area contributed by atoms with Gasteiger partial charge in [-0.3, -0.25) is 0 Å². The van der Waals surface area contributed by atoms with Crippen LogP contribution in [0.4, 0.5) is 0 Å². The molecule has 130 valence electrons. The molecule has 0 aliphatic heterocycles. The lowest BCUT2D eigenvalue weighted by Crippen LogP contribution is -2.30. The molecule has 4 aliphatic rings. The van der Waals surface area contributed by atoms with E-state index in [1.807, 2.05) is 11.1 Å². The molecule has 0 N–H and O–H groups in total. The van der Waals surface area contributed by atoms with Crippen LogP contribution in [-0.4, -0.2) is 0 Å². The van der Waals surface area contributed by atoms with Gasteiger partial charge in [0.1, 0.15) is 0 Å². The first-order chi connectivity index (χ1) is 11.6. The summed E-state index contributed by atoms with van der Waals surface area (Å²) in [5.74, 6) is 2.86. The molecule has 0 aromatic heterocycles. The fourth-order valence-corrected chi connectivity index (χ4v) is 7.39. The zero-order valence-corrected chi connectivity index (χ0v) is 15.7. The zero-order valence-electron chi connectivity index (χ0n) is 15.7. The smallest absolute Gasteiger partial charge is 0.00385 e. The molecule has 0 heteroatoms. The summed E-state index contributed by atoms with van der Waals surface area (Å²) in [6.45, 7) is 4.80. The van der Waals surface area contributed by atoms with E-state index in [1.54, 1.807) is 5.56 Å². The molecule has 4 fully saturated rings. The van der Waals surface area contributed by atoms with E-state index in [0.717, 1.165) is 17.8 Å². The van der Waals surface area contributed by atoms with Crippen molar-refractivity contribution in [2.45, 2.75) is 95.3 Å². The Balaban J connectivity index is 1.67. The van der Waals surface area contributed by atoms with Gasteiger partial charge in [0.05, 0.1) is 0 Å². The van der Waals surface area contributed by atoms with Crippen molar-refractivity contribution < 1.29 is 0 Å². The van der Waals surface area contributed by atoms with Gasteiger partial charge in [-0.25, -0.2) is 0 Å². The van der Waals surface area contributed by atoms with Crippen LogP contribution in [-0.2, 0) is 17.3 Å². The second-order valence-electron chi connectivity index (χ2n) is 10.3. The number of hydrogen-bond donors (Lipinski definition) is 0. The predicted molar refractivity (Wildman–Crippen MR) is 101 cm³/mol. The highest BCUT2D eigenvalue weighted by molar-refractivity contribution is 5.48. The van der Waals surface area contributed by atoms with Crippen LogP contribution in [0, 0.1) is 17.8 Å². The second-order valence-corrected chi connectivity index (χ2v) is 10.3. The Bertz CT molecular complexity index is 621. The molecule has 0 nitrogen and oxygen atoms in total. The summed E-state index contributed by atoms with van der Waals surface area (Å²) < 4.78 is 0.